The number of hydrogen-bond donors (Lipinski definition) is 0. The molecule has 1 aliphatic rings. The van der Waals surface area contributed by atoms with Gasteiger partial charge in [-0.15, -0.1) is 0 Å². The highest BCUT2D eigenvalue weighted by molar-refractivity contribution is 6.30. The first kappa shape index (κ1) is 20.7. The number of para-hydroxylation sites is 1. The summed E-state index contributed by atoms with van der Waals surface area (Å²) in [6.45, 7) is 0. The Labute approximate surface area is 170 Å². The molecule has 1 saturated carbocycles. The zero-order valence-corrected chi connectivity index (χ0v) is 15.7. The summed E-state index contributed by atoms with van der Waals surface area (Å²) in [5.74, 6) is -1.08. The number of esters is 1. The lowest BCUT2D eigenvalue weighted by Gasteiger charge is -2.13. The van der Waals surface area contributed by atoms with Crippen molar-refractivity contribution >= 4 is 17.6 Å². The first-order chi connectivity index (χ1) is 13.8. The van der Waals surface area contributed by atoms with Gasteiger partial charge in [0.05, 0.1) is 5.92 Å². The molecule has 0 saturated heterocycles. The Morgan fingerprint density at radius 2 is 1.86 bits per heavy atom. The third kappa shape index (κ3) is 5.52. The standard InChI is InChI=1S/C21H15ClF3NO3/c22-19(21(23,24)25)11-14-10-17(14)20(27)29-18(12-26)13-5-4-8-16(9-13)28-15-6-2-1-3-7-15/h1-9,11,14,17-18H,10H2/b19-11-/t14-,17+,18+/m1/s1. The van der Waals surface area contributed by atoms with E-state index in [4.69, 9.17) is 21.1 Å². The maximum atomic E-state index is 12.5. The number of rotatable bonds is 6. The SMILES string of the molecule is N#C[C@H](OC(=O)[C@H]1C[C@@H]1/C=C(\Cl)C(F)(F)F)c1cccc(Oc2ccccc2)c1. The van der Waals surface area contributed by atoms with Gasteiger partial charge in [-0.3, -0.25) is 4.79 Å². The molecule has 0 N–H and O–H groups in total. The van der Waals surface area contributed by atoms with Crippen molar-refractivity contribution in [1.82, 2.24) is 0 Å². The molecule has 0 heterocycles. The Hall–Kier alpha value is -2.98. The number of nitriles is 1. The van der Waals surface area contributed by atoms with Crippen LogP contribution in [0.15, 0.2) is 65.7 Å². The van der Waals surface area contributed by atoms with Crippen LogP contribution in [0.2, 0.25) is 0 Å². The summed E-state index contributed by atoms with van der Waals surface area (Å²) in [6.07, 6.45) is -4.85. The second-order valence-electron chi connectivity index (χ2n) is 6.45. The van der Waals surface area contributed by atoms with Gasteiger partial charge in [-0.2, -0.15) is 18.4 Å². The van der Waals surface area contributed by atoms with Gasteiger partial charge in [0, 0.05) is 5.56 Å². The molecular weight excluding hydrogens is 407 g/mol. The number of benzene rings is 2. The van der Waals surface area contributed by atoms with Gasteiger partial charge in [-0.1, -0.05) is 48.0 Å². The smallest absolute Gasteiger partial charge is 0.426 e. The van der Waals surface area contributed by atoms with Crippen molar-refractivity contribution in [1.29, 1.82) is 5.26 Å². The molecule has 0 aliphatic heterocycles. The summed E-state index contributed by atoms with van der Waals surface area (Å²) in [5.41, 5.74) is 0.398. The molecule has 0 spiro atoms. The minimum Gasteiger partial charge on any atom is -0.457 e. The van der Waals surface area contributed by atoms with Gasteiger partial charge >= 0.3 is 12.1 Å². The third-order valence-corrected chi connectivity index (χ3v) is 4.61. The fraction of sp³-hybridized carbons (Fsp3) is 0.238. The summed E-state index contributed by atoms with van der Waals surface area (Å²) in [4.78, 5) is 12.2. The van der Waals surface area contributed by atoms with Crippen molar-refractivity contribution in [2.75, 3.05) is 0 Å². The average Bonchev–Trinajstić information content (AvgIpc) is 3.45. The minimum absolute atomic E-state index is 0.195. The fourth-order valence-corrected chi connectivity index (χ4v) is 2.85. The van der Waals surface area contributed by atoms with Crippen molar-refractivity contribution in [3.63, 3.8) is 0 Å². The molecule has 2 aromatic rings. The van der Waals surface area contributed by atoms with Gasteiger partial charge in [0.2, 0.25) is 6.10 Å². The normalized spacial score (nSPS) is 19.8. The molecule has 1 fully saturated rings. The largest absolute Gasteiger partial charge is 0.457 e. The quantitative estimate of drug-likeness (QED) is 0.544. The number of allylic oxidation sites excluding steroid dienone is 2. The van der Waals surface area contributed by atoms with E-state index in [1.807, 2.05) is 24.3 Å². The maximum absolute atomic E-state index is 12.5. The van der Waals surface area contributed by atoms with Crippen LogP contribution in [-0.4, -0.2) is 12.1 Å². The van der Waals surface area contributed by atoms with Gasteiger partial charge in [-0.25, -0.2) is 0 Å². The molecule has 150 valence electrons. The third-order valence-electron chi connectivity index (χ3n) is 4.26. The van der Waals surface area contributed by atoms with Crippen molar-refractivity contribution in [2.24, 2.45) is 11.8 Å². The summed E-state index contributed by atoms with van der Waals surface area (Å²) in [5, 5.41) is 8.12. The van der Waals surface area contributed by atoms with Gasteiger partial charge in [0.1, 0.15) is 22.6 Å². The van der Waals surface area contributed by atoms with Crippen molar-refractivity contribution < 1.29 is 27.4 Å². The van der Waals surface area contributed by atoms with Crippen LogP contribution in [0.5, 0.6) is 11.5 Å². The molecule has 29 heavy (non-hydrogen) atoms. The van der Waals surface area contributed by atoms with E-state index in [0.717, 1.165) is 6.08 Å². The van der Waals surface area contributed by atoms with E-state index in [9.17, 15) is 23.2 Å². The van der Waals surface area contributed by atoms with E-state index >= 15 is 0 Å². The molecule has 0 aromatic heterocycles. The van der Waals surface area contributed by atoms with Crippen LogP contribution in [0.1, 0.15) is 18.1 Å². The molecule has 3 atom stereocenters. The van der Waals surface area contributed by atoms with E-state index in [1.54, 1.807) is 36.4 Å². The molecule has 0 unspecified atom stereocenters. The summed E-state index contributed by atoms with van der Waals surface area (Å²) < 4.78 is 48.3. The highest BCUT2D eigenvalue weighted by Gasteiger charge is 2.46. The van der Waals surface area contributed by atoms with Gasteiger partial charge < -0.3 is 9.47 Å². The molecule has 0 amide bonds. The lowest BCUT2D eigenvalue weighted by molar-refractivity contribution is -0.148. The number of hydrogen-bond acceptors (Lipinski definition) is 4. The molecule has 4 nitrogen and oxygen atoms in total. The predicted molar refractivity (Wildman–Crippen MR) is 99.0 cm³/mol. The number of carbonyl (C=O) groups is 1. The highest BCUT2D eigenvalue weighted by atomic mass is 35.5. The van der Waals surface area contributed by atoms with E-state index in [1.165, 1.54) is 0 Å². The van der Waals surface area contributed by atoms with Crippen LogP contribution in [0, 0.1) is 23.2 Å². The molecule has 8 heteroatoms. The van der Waals surface area contributed by atoms with Crippen molar-refractivity contribution in [3.05, 3.63) is 71.3 Å². The molecule has 3 rings (SSSR count). The Morgan fingerprint density at radius 3 is 2.52 bits per heavy atom. The number of alkyl halides is 3. The van der Waals surface area contributed by atoms with Crippen molar-refractivity contribution in [3.8, 4) is 17.6 Å². The van der Waals surface area contributed by atoms with E-state index in [2.05, 4.69) is 0 Å². The zero-order chi connectivity index (χ0) is 21.0. The topological polar surface area (TPSA) is 59.3 Å². The summed E-state index contributed by atoms with van der Waals surface area (Å²) in [6, 6.07) is 17.4. The van der Waals surface area contributed by atoms with E-state index in [0.29, 0.717) is 17.1 Å². The molecule has 2 aromatic carbocycles. The number of nitrogens with zero attached hydrogens (tertiary/aromatic N) is 1. The highest BCUT2D eigenvalue weighted by Crippen LogP contribution is 2.44. The summed E-state index contributed by atoms with van der Waals surface area (Å²) >= 11 is 5.19. The minimum atomic E-state index is -4.65. The number of carbonyl (C=O) groups excluding carboxylic acids is 1. The van der Waals surface area contributed by atoms with Gasteiger partial charge in [0.15, 0.2) is 0 Å². The van der Waals surface area contributed by atoms with E-state index < -0.39 is 35.1 Å². The van der Waals surface area contributed by atoms with Crippen molar-refractivity contribution in [2.45, 2.75) is 18.7 Å². The van der Waals surface area contributed by atoms with Crippen LogP contribution in [0.3, 0.4) is 0 Å². The first-order valence-corrected chi connectivity index (χ1v) is 9.03. The number of ether oxygens (including phenoxy) is 2. The molecular formula is C21H15ClF3NO3. The Bertz CT molecular complexity index is 954. The Morgan fingerprint density at radius 1 is 1.17 bits per heavy atom. The monoisotopic (exact) mass is 421 g/mol. The van der Waals surface area contributed by atoms with Gasteiger partial charge in [-0.05, 0) is 36.6 Å². The van der Waals surface area contributed by atoms with Crippen LogP contribution < -0.4 is 4.74 Å². The number of halogens is 4. The van der Waals surface area contributed by atoms with Crippen LogP contribution >= 0.6 is 11.6 Å². The molecule has 1 aliphatic carbocycles. The van der Waals surface area contributed by atoms with Crippen LogP contribution in [0.4, 0.5) is 13.2 Å². The predicted octanol–water partition coefficient (Wildman–Crippen LogP) is 5.91. The first-order valence-electron chi connectivity index (χ1n) is 8.65. The molecule has 0 radical (unpaired) electrons. The van der Waals surface area contributed by atoms with E-state index in [-0.39, 0.29) is 6.42 Å². The zero-order valence-electron chi connectivity index (χ0n) is 14.9. The Balaban J connectivity index is 1.64. The van der Waals surface area contributed by atoms with Gasteiger partial charge in [0.25, 0.3) is 0 Å². The Kier molecular flexibility index (Phi) is 6.14. The lowest BCUT2D eigenvalue weighted by atomic mass is 10.1. The second-order valence-corrected chi connectivity index (χ2v) is 6.86. The summed E-state index contributed by atoms with van der Waals surface area (Å²) in [7, 11) is 0. The average molecular weight is 422 g/mol. The second kappa shape index (κ2) is 8.58. The lowest BCUT2D eigenvalue weighted by Crippen LogP contribution is -2.13. The fourth-order valence-electron chi connectivity index (χ4n) is 2.69. The maximum Gasteiger partial charge on any atom is 0.426 e. The van der Waals surface area contributed by atoms with Crippen LogP contribution in [-0.2, 0) is 9.53 Å². The molecule has 0 bridgehead atoms. The van der Waals surface area contributed by atoms with Crippen LogP contribution in [0.25, 0.3) is 0 Å².